The highest BCUT2D eigenvalue weighted by molar-refractivity contribution is 7.80. The first-order valence-electron chi connectivity index (χ1n) is 4.74. The van der Waals surface area contributed by atoms with Gasteiger partial charge >= 0.3 is 7.60 Å². The van der Waals surface area contributed by atoms with Crippen molar-refractivity contribution in [3.63, 3.8) is 0 Å². The Kier molecular flexibility index (Phi) is 4.87. The molecule has 1 aromatic carbocycles. The quantitative estimate of drug-likeness (QED) is 0.551. The van der Waals surface area contributed by atoms with E-state index in [0.29, 0.717) is 12.8 Å². The third kappa shape index (κ3) is 4.39. The molecule has 1 rings (SSSR count). The summed E-state index contributed by atoms with van der Waals surface area (Å²) in [5.41, 5.74) is 0.457. The summed E-state index contributed by atoms with van der Waals surface area (Å²) in [5.74, 6) is 0.219. The molecule has 0 saturated carbocycles. The van der Waals surface area contributed by atoms with Crippen LogP contribution in [0.15, 0.2) is 30.3 Å². The Bertz CT molecular complexity index is 336. The third-order valence-electron chi connectivity index (χ3n) is 2.30. The van der Waals surface area contributed by atoms with Crippen LogP contribution in [0.4, 0.5) is 0 Å². The number of aryl methyl sites for hydroxylation is 1. The van der Waals surface area contributed by atoms with Gasteiger partial charge in [0.25, 0.3) is 0 Å². The second-order valence-corrected chi connectivity index (χ2v) is 5.72. The molecule has 1 atom stereocenters. The lowest BCUT2D eigenvalue weighted by molar-refractivity contribution is 0.358. The fraction of sp³-hybridized carbons (Fsp3) is 0.400. The average molecular weight is 246 g/mol. The van der Waals surface area contributed by atoms with Crippen molar-refractivity contribution in [3.05, 3.63) is 35.9 Å². The van der Waals surface area contributed by atoms with Crippen LogP contribution >= 0.6 is 20.2 Å². The highest BCUT2D eigenvalue weighted by atomic mass is 32.1. The van der Waals surface area contributed by atoms with Crippen LogP contribution in [-0.4, -0.2) is 21.2 Å². The molecular weight excluding hydrogens is 231 g/mol. The normalized spacial score (nSPS) is 13.8. The number of hydrogen-bond donors (Lipinski definition) is 3. The first kappa shape index (κ1) is 12.8. The molecule has 0 aliphatic rings. The van der Waals surface area contributed by atoms with Crippen LogP contribution in [-0.2, 0) is 11.0 Å². The largest absolute Gasteiger partial charge is 0.329 e. The molecule has 0 aliphatic carbocycles. The lowest BCUT2D eigenvalue weighted by Crippen LogP contribution is -2.11. The molecule has 1 unspecified atom stereocenters. The Balaban J connectivity index is 2.53. The summed E-state index contributed by atoms with van der Waals surface area (Å²) < 4.78 is 11.0. The molecule has 0 aromatic heterocycles. The second kappa shape index (κ2) is 5.71. The second-order valence-electron chi connectivity index (χ2n) is 3.45. The van der Waals surface area contributed by atoms with E-state index in [1.165, 1.54) is 0 Å². The van der Waals surface area contributed by atoms with Gasteiger partial charge in [-0.3, -0.25) is 4.57 Å². The van der Waals surface area contributed by atoms with E-state index in [1.807, 2.05) is 30.3 Å². The summed E-state index contributed by atoms with van der Waals surface area (Å²) in [5, 5.41) is 0. The van der Waals surface area contributed by atoms with Gasteiger partial charge in [0.15, 0.2) is 0 Å². The van der Waals surface area contributed by atoms with Crippen LogP contribution in [0.1, 0.15) is 12.0 Å². The van der Waals surface area contributed by atoms with Crippen LogP contribution in [0.2, 0.25) is 0 Å². The number of hydrogen-bond acceptors (Lipinski definition) is 2. The zero-order valence-electron chi connectivity index (χ0n) is 8.28. The fourth-order valence-electron chi connectivity index (χ4n) is 1.34. The summed E-state index contributed by atoms with van der Waals surface area (Å²) in [4.78, 5) is 18.0. The summed E-state index contributed by atoms with van der Waals surface area (Å²) >= 11 is 3.96. The van der Waals surface area contributed by atoms with Gasteiger partial charge in [0.1, 0.15) is 0 Å². The van der Waals surface area contributed by atoms with E-state index in [1.54, 1.807) is 0 Å². The van der Waals surface area contributed by atoms with Crippen LogP contribution in [0.5, 0.6) is 0 Å². The summed E-state index contributed by atoms with van der Waals surface area (Å²) in [6, 6.07) is 9.66. The Morgan fingerprint density at radius 1 is 1.27 bits per heavy atom. The Labute approximate surface area is 95.1 Å². The van der Waals surface area contributed by atoms with Gasteiger partial charge in [-0.1, -0.05) is 30.3 Å². The Morgan fingerprint density at radius 3 is 2.33 bits per heavy atom. The Morgan fingerprint density at radius 2 is 1.87 bits per heavy atom. The van der Waals surface area contributed by atoms with Crippen molar-refractivity contribution < 1.29 is 14.4 Å². The highest BCUT2D eigenvalue weighted by Crippen LogP contribution is 2.43. The van der Waals surface area contributed by atoms with Crippen molar-refractivity contribution in [1.29, 1.82) is 0 Å². The fourth-order valence-corrected chi connectivity index (χ4v) is 2.84. The molecule has 0 saturated heterocycles. The molecule has 0 bridgehead atoms. The number of benzene rings is 1. The maximum absolute atomic E-state index is 11.0. The standard InChI is InChI=1S/C10H15O3PS/c11-14(12,13)10(8-15)7-6-9-4-2-1-3-5-9/h1-5,10,15H,6-8H2,(H2,11,12,13). The number of thiol groups is 1. The zero-order valence-corrected chi connectivity index (χ0v) is 10.1. The molecular formula is C10H15O3PS. The maximum Gasteiger partial charge on any atom is 0.329 e. The van der Waals surface area contributed by atoms with E-state index in [9.17, 15) is 4.57 Å². The highest BCUT2D eigenvalue weighted by Gasteiger charge is 2.26. The van der Waals surface area contributed by atoms with Gasteiger partial charge in [0.05, 0.1) is 5.66 Å². The smallest absolute Gasteiger partial charge is 0.324 e. The molecule has 0 spiro atoms. The van der Waals surface area contributed by atoms with Crippen LogP contribution in [0.3, 0.4) is 0 Å². The number of rotatable bonds is 5. The minimum atomic E-state index is -3.99. The van der Waals surface area contributed by atoms with Crippen molar-refractivity contribution in [1.82, 2.24) is 0 Å². The Hall–Kier alpha value is -0.280. The predicted octanol–water partition coefficient (Wildman–Crippen LogP) is 2.10. The van der Waals surface area contributed by atoms with Crippen molar-refractivity contribution in [2.45, 2.75) is 18.5 Å². The third-order valence-corrected chi connectivity index (χ3v) is 4.42. The molecule has 0 amide bonds. The van der Waals surface area contributed by atoms with Gasteiger partial charge in [-0.15, -0.1) is 0 Å². The molecule has 0 heterocycles. The van der Waals surface area contributed by atoms with Gasteiger partial charge in [-0.25, -0.2) is 0 Å². The molecule has 5 heteroatoms. The van der Waals surface area contributed by atoms with Crippen molar-refractivity contribution in [2.75, 3.05) is 5.75 Å². The molecule has 1 aromatic rings. The van der Waals surface area contributed by atoms with Crippen molar-refractivity contribution in [2.24, 2.45) is 0 Å². The maximum atomic E-state index is 11.0. The lowest BCUT2D eigenvalue weighted by atomic mass is 10.1. The van der Waals surface area contributed by atoms with Crippen LogP contribution in [0, 0.1) is 0 Å². The van der Waals surface area contributed by atoms with Crippen LogP contribution < -0.4 is 0 Å². The first-order chi connectivity index (χ1) is 7.04. The molecule has 15 heavy (non-hydrogen) atoms. The minimum Gasteiger partial charge on any atom is -0.324 e. The van der Waals surface area contributed by atoms with Gasteiger partial charge in [0.2, 0.25) is 0 Å². The van der Waals surface area contributed by atoms with E-state index in [4.69, 9.17) is 9.79 Å². The topological polar surface area (TPSA) is 57.5 Å². The summed E-state index contributed by atoms with van der Waals surface area (Å²) in [6.07, 6.45) is 1.15. The van der Waals surface area contributed by atoms with E-state index >= 15 is 0 Å². The summed E-state index contributed by atoms with van der Waals surface area (Å²) in [6.45, 7) is 0. The monoisotopic (exact) mass is 246 g/mol. The van der Waals surface area contributed by atoms with Gasteiger partial charge in [-0.2, -0.15) is 12.6 Å². The molecule has 3 nitrogen and oxygen atoms in total. The molecule has 2 N–H and O–H groups in total. The SMILES string of the molecule is O=P(O)(O)C(CS)CCc1ccccc1. The lowest BCUT2D eigenvalue weighted by Gasteiger charge is -2.15. The van der Waals surface area contributed by atoms with E-state index < -0.39 is 13.3 Å². The van der Waals surface area contributed by atoms with Gasteiger partial charge in [0, 0.05) is 5.75 Å². The zero-order chi connectivity index (χ0) is 11.3. The molecule has 0 aliphatic heterocycles. The van der Waals surface area contributed by atoms with E-state index in [-0.39, 0.29) is 5.75 Å². The van der Waals surface area contributed by atoms with Gasteiger partial charge < -0.3 is 9.79 Å². The first-order valence-corrected chi connectivity index (χ1v) is 7.05. The molecule has 0 fully saturated rings. The summed E-state index contributed by atoms with van der Waals surface area (Å²) in [7, 11) is -3.99. The van der Waals surface area contributed by atoms with Crippen LogP contribution in [0.25, 0.3) is 0 Å². The van der Waals surface area contributed by atoms with E-state index in [2.05, 4.69) is 12.6 Å². The van der Waals surface area contributed by atoms with E-state index in [0.717, 1.165) is 5.56 Å². The molecule has 84 valence electrons. The van der Waals surface area contributed by atoms with Gasteiger partial charge in [-0.05, 0) is 18.4 Å². The minimum absolute atomic E-state index is 0.219. The van der Waals surface area contributed by atoms with Crippen molar-refractivity contribution >= 4 is 20.2 Å². The predicted molar refractivity (Wildman–Crippen MR) is 64.4 cm³/mol. The van der Waals surface area contributed by atoms with Crippen molar-refractivity contribution in [3.8, 4) is 0 Å². The average Bonchev–Trinajstić information content (AvgIpc) is 2.18. The molecule has 0 radical (unpaired) electrons.